The predicted molar refractivity (Wildman–Crippen MR) is 87.0 cm³/mol. The second-order valence-corrected chi connectivity index (χ2v) is 5.56. The molecule has 0 aromatic heterocycles. The molecule has 2 rings (SSSR count). The number of rotatable bonds is 7. The maximum absolute atomic E-state index is 10.3. The first kappa shape index (κ1) is 15.9. The summed E-state index contributed by atoms with van der Waals surface area (Å²) in [7, 11) is 0. The number of halogens is 1. The van der Waals surface area contributed by atoms with Crippen LogP contribution in [0.3, 0.4) is 0 Å². The van der Waals surface area contributed by atoms with Gasteiger partial charge in [-0.15, -0.1) is 0 Å². The van der Waals surface area contributed by atoms with Crippen LogP contribution in [0.2, 0.25) is 5.02 Å². The molecule has 0 saturated heterocycles. The maximum atomic E-state index is 10.3. The molecule has 0 aliphatic rings. The summed E-state index contributed by atoms with van der Waals surface area (Å²) in [6.07, 6.45) is 2.19. The molecule has 1 atom stereocenters. The van der Waals surface area contributed by atoms with Gasteiger partial charge in [-0.3, -0.25) is 0 Å². The lowest BCUT2D eigenvalue weighted by atomic mass is 10.0. The molecular weight excluding hydrogens is 284 g/mol. The minimum absolute atomic E-state index is 0.534. The van der Waals surface area contributed by atoms with E-state index in [1.54, 1.807) is 0 Å². The van der Waals surface area contributed by atoms with E-state index in [0.29, 0.717) is 11.4 Å². The van der Waals surface area contributed by atoms with Crippen LogP contribution in [0, 0.1) is 0 Å². The molecule has 2 aromatic rings. The number of hydrogen-bond donors (Lipinski definition) is 1. The molecule has 2 nitrogen and oxygen atoms in total. The van der Waals surface area contributed by atoms with Gasteiger partial charge >= 0.3 is 0 Å². The van der Waals surface area contributed by atoms with Crippen molar-refractivity contribution in [2.45, 2.75) is 32.3 Å². The summed E-state index contributed by atoms with van der Waals surface area (Å²) in [5, 5.41) is 11.0. The molecule has 0 amide bonds. The van der Waals surface area contributed by atoms with Crippen LogP contribution >= 0.6 is 11.6 Å². The van der Waals surface area contributed by atoms with E-state index < -0.39 is 6.10 Å². The Kier molecular flexibility index (Phi) is 6.09. The monoisotopic (exact) mass is 304 g/mol. The van der Waals surface area contributed by atoms with E-state index in [1.807, 2.05) is 48.5 Å². The van der Waals surface area contributed by atoms with Crippen molar-refractivity contribution in [1.29, 1.82) is 0 Å². The quantitative estimate of drug-likeness (QED) is 0.745. The predicted octanol–water partition coefficient (Wildman–Crippen LogP) is 4.80. The summed E-state index contributed by atoms with van der Waals surface area (Å²) in [4.78, 5) is 0. The summed E-state index contributed by atoms with van der Waals surface area (Å²) in [6, 6.07) is 15.2. The van der Waals surface area contributed by atoms with E-state index in [4.69, 9.17) is 16.3 Å². The maximum Gasteiger partial charge on any atom is 0.119 e. The molecule has 0 saturated carbocycles. The first-order valence-electron chi connectivity index (χ1n) is 7.34. The fourth-order valence-electron chi connectivity index (χ4n) is 2.13. The standard InChI is InChI=1S/C18H21ClO2/c1-2-3-11-21-17-9-7-15(8-10-17)18(20)13-14-5-4-6-16(19)12-14/h4-10,12,18,20H,2-3,11,13H2,1H3. The van der Waals surface area contributed by atoms with Crippen molar-refractivity contribution >= 4 is 11.6 Å². The van der Waals surface area contributed by atoms with Crippen molar-refractivity contribution in [2.75, 3.05) is 6.61 Å². The normalized spacial score (nSPS) is 12.1. The molecule has 0 aliphatic heterocycles. The van der Waals surface area contributed by atoms with Gasteiger partial charge in [0.1, 0.15) is 5.75 Å². The Morgan fingerprint density at radius 2 is 1.90 bits per heavy atom. The van der Waals surface area contributed by atoms with E-state index >= 15 is 0 Å². The van der Waals surface area contributed by atoms with Crippen LogP contribution in [0.4, 0.5) is 0 Å². The highest BCUT2D eigenvalue weighted by Crippen LogP contribution is 2.22. The number of ether oxygens (including phenoxy) is 1. The summed E-state index contributed by atoms with van der Waals surface area (Å²) in [6.45, 7) is 2.87. The second-order valence-electron chi connectivity index (χ2n) is 5.12. The molecule has 21 heavy (non-hydrogen) atoms. The highest BCUT2D eigenvalue weighted by Gasteiger charge is 2.09. The van der Waals surface area contributed by atoms with E-state index in [-0.39, 0.29) is 0 Å². The Morgan fingerprint density at radius 3 is 2.57 bits per heavy atom. The number of hydrogen-bond acceptors (Lipinski definition) is 2. The van der Waals surface area contributed by atoms with Crippen LogP contribution in [0.15, 0.2) is 48.5 Å². The number of aliphatic hydroxyl groups excluding tert-OH is 1. The van der Waals surface area contributed by atoms with Gasteiger partial charge < -0.3 is 9.84 Å². The lowest BCUT2D eigenvalue weighted by molar-refractivity contribution is 0.178. The average molecular weight is 305 g/mol. The van der Waals surface area contributed by atoms with Crippen LogP contribution in [0.25, 0.3) is 0 Å². The Labute approximate surface area is 131 Å². The Bertz CT molecular complexity index is 551. The SMILES string of the molecule is CCCCOc1ccc(C(O)Cc2cccc(Cl)c2)cc1. The van der Waals surface area contributed by atoms with E-state index in [1.165, 1.54) is 0 Å². The van der Waals surface area contributed by atoms with Crippen LogP contribution < -0.4 is 4.74 Å². The smallest absolute Gasteiger partial charge is 0.119 e. The highest BCUT2D eigenvalue weighted by molar-refractivity contribution is 6.30. The van der Waals surface area contributed by atoms with Crippen molar-refractivity contribution in [3.8, 4) is 5.75 Å². The van der Waals surface area contributed by atoms with Gasteiger partial charge in [-0.25, -0.2) is 0 Å². The van der Waals surface area contributed by atoms with Gasteiger partial charge in [-0.2, -0.15) is 0 Å². The third kappa shape index (κ3) is 5.07. The summed E-state index contributed by atoms with van der Waals surface area (Å²) in [5.74, 6) is 0.849. The zero-order valence-corrected chi connectivity index (χ0v) is 13.0. The summed E-state index contributed by atoms with van der Waals surface area (Å²) < 4.78 is 5.62. The van der Waals surface area contributed by atoms with Gasteiger partial charge in [0.25, 0.3) is 0 Å². The lowest BCUT2D eigenvalue weighted by Gasteiger charge is -2.12. The molecule has 2 aromatic carbocycles. The van der Waals surface area contributed by atoms with Crippen LogP contribution in [-0.2, 0) is 6.42 Å². The highest BCUT2D eigenvalue weighted by atomic mass is 35.5. The van der Waals surface area contributed by atoms with Crippen LogP contribution in [0.5, 0.6) is 5.75 Å². The second kappa shape index (κ2) is 8.06. The molecule has 0 radical (unpaired) electrons. The van der Waals surface area contributed by atoms with E-state index in [0.717, 1.165) is 36.3 Å². The van der Waals surface area contributed by atoms with Gasteiger partial charge in [-0.05, 0) is 41.8 Å². The molecule has 0 aliphatic carbocycles. The van der Waals surface area contributed by atoms with Crippen molar-refractivity contribution in [1.82, 2.24) is 0 Å². The molecule has 0 bridgehead atoms. The Hall–Kier alpha value is -1.51. The van der Waals surface area contributed by atoms with Gasteiger partial charge in [0.05, 0.1) is 12.7 Å². The molecular formula is C18H21ClO2. The first-order valence-corrected chi connectivity index (χ1v) is 7.72. The largest absolute Gasteiger partial charge is 0.494 e. The molecule has 0 spiro atoms. The minimum Gasteiger partial charge on any atom is -0.494 e. The fraction of sp³-hybridized carbons (Fsp3) is 0.333. The molecule has 0 heterocycles. The third-order valence-corrected chi connectivity index (χ3v) is 3.58. The third-order valence-electron chi connectivity index (χ3n) is 3.35. The zero-order valence-electron chi connectivity index (χ0n) is 12.3. The van der Waals surface area contributed by atoms with E-state index in [2.05, 4.69) is 6.92 Å². The topological polar surface area (TPSA) is 29.5 Å². The molecule has 112 valence electrons. The molecule has 3 heteroatoms. The molecule has 0 fully saturated rings. The first-order chi connectivity index (χ1) is 10.2. The van der Waals surface area contributed by atoms with Crippen molar-refractivity contribution in [2.24, 2.45) is 0 Å². The van der Waals surface area contributed by atoms with Gasteiger partial charge in [0, 0.05) is 11.4 Å². The Morgan fingerprint density at radius 1 is 1.14 bits per heavy atom. The number of aliphatic hydroxyl groups is 1. The van der Waals surface area contributed by atoms with Crippen LogP contribution in [-0.4, -0.2) is 11.7 Å². The molecule has 1 N–H and O–H groups in total. The van der Waals surface area contributed by atoms with Gasteiger partial charge in [0.15, 0.2) is 0 Å². The number of benzene rings is 2. The Balaban J connectivity index is 1.94. The minimum atomic E-state index is -0.534. The lowest BCUT2D eigenvalue weighted by Crippen LogP contribution is -2.02. The van der Waals surface area contributed by atoms with E-state index in [9.17, 15) is 5.11 Å². The van der Waals surface area contributed by atoms with Crippen molar-refractivity contribution in [3.05, 3.63) is 64.7 Å². The fourth-order valence-corrected chi connectivity index (χ4v) is 2.34. The zero-order chi connectivity index (χ0) is 15.1. The van der Waals surface area contributed by atoms with Gasteiger partial charge in [-0.1, -0.05) is 49.2 Å². The summed E-state index contributed by atoms with van der Waals surface area (Å²) in [5.41, 5.74) is 1.91. The van der Waals surface area contributed by atoms with Crippen molar-refractivity contribution in [3.63, 3.8) is 0 Å². The van der Waals surface area contributed by atoms with Crippen molar-refractivity contribution < 1.29 is 9.84 Å². The average Bonchev–Trinajstić information content (AvgIpc) is 2.48. The summed E-state index contributed by atoms with van der Waals surface area (Å²) >= 11 is 5.96. The number of unbranched alkanes of at least 4 members (excludes halogenated alkanes) is 1. The van der Waals surface area contributed by atoms with Crippen LogP contribution in [0.1, 0.15) is 37.0 Å². The molecule has 1 unspecified atom stereocenters. The van der Waals surface area contributed by atoms with Gasteiger partial charge in [0.2, 0.25) is 0 Å².